The Labute approximate surface area is 124 Å². The minimum absolute atomic E-state index is 0.103. The third-order valence-corrected chi connectivity index (χ3v) is 5.25. The van der Waals surface area contributed by atoms with Crippen molar-refractivity contribution in [3.8, 4) is 0 Å². The Morgan fingerprint density at radius 1 is 1.35 bits per heavy atom. The third kappa shape index (κ3) is 2.66. The van der Waals surface area contributed by atoms with Crippen molar-refractivity contribution >= 4 is 38.0 Å². The van der Waals surface area contributed by atoms with Crippen LogP contribution >= 0.6 is 22.7 Å². The second-order valence-electron chi connectivity index (χ2n) is 4.52. The van der Waals surface area contributed by atoms with Gasteiger partial charge in [0, 0.05) is 11.1 Å². The zero-order valence-electron chi connectivity index (χ0n) is 11.2. The molecule has 3 rings (SSSR count). The van der Waals surface area contributed by atoms with Crippen molar-refractivity contribution in [3.05, 3.63) is 40.1 Å². The van der Waals surface area contributed by atoms with E-state index in [0.29, 0.717) is 0 Å². The number of aromatic nitrogens is 2. The molecule has 2 aromatic heterocycles. The normalized spacial score (nSPS) is 12.8. The zero-order chi connectivity index (χ0) is 14.1. The second kappa shape index (κ2) is 5.46. The van der Waals surface area contributed by atoms with Crippen LogP contribution in [0.5, 0.6) is 0 Å². The molecule has 0 fully saturated rings. The Bertz CT molecular complexity index is 735. The van der Waals surface area contributed by atoms with Gasteiger partial charge in [-0.3, -0.25) is 0 Å². The SMILES string of the molecule is CCc1cnc(C(C)Nc2nc3ccc(F)cc3s2)s1. The van der Waals surface area contributed by atoms with E-state index in [1.807, 2.05) is 6.20 Å². The van der Waals surface area contributed by atoms with E-state index < -0.39 is 0 Å². The lowest BCUT2D eigenvalue weighted by Crippen LogP contribution is -2.05. The molecule has 0 aliphatic heterocycles. The first-order valence-corrected chi connectivity index (χ1v) is 8.06. The van der Waals surface area contributed by atoms with Crippen LogP contribution in [-0.2, 0) is 6.42 Å². The van der Waals surface area contributed by atoms with Gasteiger partial charge in [0.15, 0.2) is 5.13 Å². The molecule has 104 valence electrons. The summed E-state index contributed by atoms with van der Waals surface area (Å²) in [5.41, 5.74) is 0.819. The van der Waals surface area contributed by atoms with E-state index in [1.165, 1.54) is 28.3 Å². The first-order valence-electron chi connectivity index (χ1n) is 6.43. The van der Waals surface area contributed by atoms with Crippen LogP contribution in [-0.4, -0.2) is 9.97 Å². The number of benzene rings is 1. The van der Waals surface area contributed by atoms with Crippen LogP contribution in [0.25, 0.3) is 10.2 Å². The molecule has 0 bridgehead atoms. The van der Waals surface area contributed by atoms with E-state index in [1.54, 1.807) is 17.4 Å². The maximum Gasteiger partial charge on any atom is 0.184 e. The van der Waals surface area contributed by atoms with E-state index in [-0.39, 0.29) is 11.9 Å². The molecule has 1 aromatic carbocycles. The molecule has 0 spiro atoms. The topological polar surface area (TPSA) is 37.8 Å². The molecule has 1 atom stereocenters. The predicted molar refractivity (Wildman–Crippen MR) is 83.1 cm³/mol. The van der Waals surface area contributed by atoms with Gasteiger partial charge in [0.05, 0.1) is 16.3 Å². The number of thiazole rings is 2. The zero-order valence-corrected chi connectivity index (χ0v) is 12.8. The Morgan fingerprint density at radius 2 is 2.20 bits per heavy atom. The van der Waals surface area contributed by atoms with Crippen molar-refractivity contribution < 1.29 is 4.39 Å². The number of nitrogens with one attached hydrogen (secondary N) is 1. The van der Waals surface area contributed by atoms with Crippen LogP contribution in [0.3, 0.4) is 0 Å². The summed E-state index contributed by atoms with van der Waals surface area (Å²) in [5, 5.41) is 5.18. The minimum Gasteiger partial charge on any atom is -0.353 e. The summed E-state index contributed by atoms with van der Waals surface area (Å²) >= 11 is 3.17. The summed E-state index contributed by atoms with van der Waals surface area (Å²) in [4.78, 5) is 10.2. The number of nitrogens with zero attached hydrogens (tertiary/aromatic N) is 2. The van der Waals surface area contributed by atoms with Crippen molar-refractivity contribution in [2.24, 2.45) is 0 Å². The van der Waals surface area contributed by atoms with Gasteiger partial charge in [-0.15, -0.1) is 11.3 Å². The van der Waals surface area contributed by atoms with Gasteiger partial charge in [0.2, 0.25) is 0 Å². The van der Waals surface area contributed by atoms with Gasteiger partial charge in [0.1, 0.15) is 10.8 Å². The van der Waals surface area contributed by atoms with Crippen LogP contribution in [0.2, 0.25) is 0 Å². The fraction of sp³-hybridized carbons (Fsp3) is 0.286. The first-order chi connectivity index (χ1) is 9.65. The lowest BCUT2D eigenvalue weighted by molar-refractivity contribution is 0.630. The standard InChI is InChI=1S/C14H14FN3S2/c1-3-10-7-16-13(19-10)8(2)17-14-18-11-5-4-9(15)6-12(11)20-14/h4-8H,3H2,1-2H3,(H,17,18). The fourth-order valence-corrected chi connectivity index (χ4v) is 3.73. The van der Waals surface area contributed by atoms with Gasteiger partial charge in [-0.1, -0.05) is 18.3 Å². The quantitative estimate of drug-likeness (QED) is 0.764. The maximum absolute atomic E-state index is 13.2. The van der Waals surface area contributed by atoms with Crippen LogP contribution in [0.4, 0.5) is 9.52 Å². The molecule has 0 radical (unpaired) electrons. The van der Waals surface area contributed by atoms with Gasteiger partial charge in [0.25, 0.3) is 0 Å². The molecule has 2 heterocycles. The highest BCUT2D eigenvalue weighted by molar-refractivity contribution is 7.22. The average molecular weight is 307 g/mol. The second-order valence-corrected chi connectivity index (χ2v) is 6.69. The number of aryl methyl sites for hydroxylation is 1. The molecule has 3 aromatic rings. The molecule has 6 heteroatoms. The monoisotopic (exact) mass is 307 g/mol. The molecule has 0 aliphatic carbocycles. The van der Waals surface area contributed by atoms with Crippen LogP contribution < -0.4 is 5.32 Å². The van der Waals surface area contributed by atoms with Crippen molar-refractivity contribution in [1.29, 1.82) is 0 Å². The fourth-order valence-electron chi connectivity index (χ4n) is 1.89. The molecular formula is C14H14FN3S2. The largest absolute Gasteiger partial charge is 0.353 e. The molecule has 0 aliphatic rings. The Morgan fingerprint density at radius 3 is 2.95 bits per heavy atom. The lowest BCUT2D eigenvalue weighted by Gasteiger charge is -2.08. The minimum atomic E-state index is -0.228. The van der Waals surface area contributed by atoms with Crippen molar-refractivity contribution in [3.63, 3.8) is 0 Å². The molecule has 0 amide bonds. The summed E-state index contributed by atoms with van der Waals surface area (Å²) in [5.74, 6) is -0.228. The number of rotatable bonds is 4. The smallest absolute Gasteiger partial charge is 0.184 e. The number of halogens is 1. The summed E-state index contributed by atoms with van der Waals surface area (Å²) in [6.07, 6.45) is 2.93. The molecule has 20 heavy (non-hydrogen) atoms. The summed E-state index contributed by atoms with van der Waals surface area (Å²) in [6.45, 7) is 4.18. The highest BCUT2D eigenvalue weighted by Gasteiger charge is 2.12. The number of anilines is 1. The molecule has 0 saturated heterocycles. The average Bonchev–Trinajstić information content (AvgIpc) is 3.03. The van der Waals surface area contributed by atoms with Gasteiger partial charge in [-0.05, 0) is 31.5 Å². The van der Waals surface area contributed by atoms with E-state index in [2.05, 4.69) is 29.1 Å². The van der Waals surface area contributed by atoms with Crippen LogP contribution in [0.15, 0.2) is 24.4 Å². The predicted octanol–water partition coefficient (Wildman–Crippen LogP) is 4.63. The summed E-state index contributed by atoms with van der Waals surface area (Å²) in [7, 11) is 0. The highest BCUT2D eigenvalue weighted by atomic mass is 32.1. The molecule has 0 saturated carbocycles. The van der Waals surface area contributed by atoms with Gasteiger partial charge >= 0.3 is 0 Å². The Balaban J connectivity index is 1.81. The van der Waals surface area contributed by atoms with Crippen molar-refractivity contribution in [1.82, 2.24) is 9.97 Å². The van der Waals surface area contributed by atoms with Crippen molar-refractivity contribution in [2.75, 3.05) is 5.32 Å². The van der Waals surface area contributed by atoms with E-state index in [9.17, 15) is 4.39 Å². The third-order valence-electron chi connectivity index (χ3n) is 2.98. The molecule has 1 N–H and O–H groups in total. The Hall–Kier alpha value is -1.53. The Kier molecular flexibility index (Phi) is 3.67. The van der Waals surface area contributed by atoms with Gasteiger partial charge in [-0.25, -0.2) is 14.4 Å². The van der Waals surface area contributed by atoms with Crippen molar-refractivity contribution in [2.45, 2.75) is 26.3 Å². The van der Waals surface area contributed by atoms with Crippen LogP contribution in [0, 0.1) is 5.82 Å². The number of hydrogen-bond acceptors (Lipinski definition) is 5. The van der Waals surface area contributed by atoms with E-state index in [0.717, 1.165) is 26.8 Å². The van der Waals surface area contributed by atoms with Crippen LogP contribution in [0.1, 0.15) is 29.8 Å². The maximum atomic E-state index is 13.2. The molecule has 1 unspecified atom stereocenters. The summed E-state index contributed by atoms with van der Waals surface area (Å²) < 4.78 is 14.0. The van der Waals surface area contributed by atoms with E-state index >= 15 is 0 Å². The molecular weight excluding hydrogens is 293 g/mol. The summed E-state index contributed by atoms with van der Waals surface area (Å²) in [6, 6.07) is 4.76. The number of fused-ring (bicyclic) bond motifs is 1. The van der Waals surface area contributed by atoms with Gasteiger partial charge < -0.3 is 5.32 Å². The van der Waals surface area contributed by atoms with Gasteiger partial charge in [-0.2, -0.15) is 0 Å². The number of hydrogen-bond donors (Lipinski definition) is 1. The van der Waals surface area contributed by atoms with E-state index in [4.69, 9.17) is 0 Å². The first kappa shape index (κ1) is 13.5. The lowest BCUT2D eigenvalue weighted by atomic mass is 10.3. The molecule has 3 nitrogen and oxygen atoms in total. The highest BCUT2D eigenvalue weighted by Crippen LogP contribution is 2.30.